The van der Waals surface area contributed by atoms with E-state index in [1.54, 1.807) is 30.3 Å². The average molecular weight is 360 g/mol. The number of aldehydes is 1. The second-order valence-electron chi connectivity index (χ2n) is 4.58. The van der Waals surface area contributed by atoms with Gasteiger partial charge in [-0.15, -0.1) is 0 Å². The molecule has 0 atom stereocenters. The number of benzene rings is 2. The van der Waals surface area contributed by atoms with Crippen molar-refractivity contribution in [3.8, 4) is 11.5 Å². The Morgan fingerprint density at radius 1 is 1.00 bits per heavy atom. The first kappa shape index (κ1) is 17.8. The molecule has 0 spiro atoms. The molecule has 0 aliphatic carbocycles. The molecule has 0 fully saturated rings. The Labute approximate surface area is 135 Å². The van der Waals surface area contributed by atoms with Gasteiger partial charge in [0.15, 0.2) is 11.5 Å². The molecule has 2 rings (SSSR count). The van der Waals surface area contributed by atoms with Crippen molar-refractivity contribution in [2.75, 3.05) is 0 Å². The Balaban J connectivity index is 2.29. The monoisotopic (exact) mass is 360 g/mol. The van der Waals surface area contributed by atoms with Crippen LogP contribution in [0.3, 0.4) is 0 Å². The van der Waals surface area contributed by atoms with E-state index in [2.05, 4.69) is 4.18 Å². The maximum Gasteiger partial charge on any atom is 0.534 e. The first-order chi connectivity index (χ1) is 11.2. The highest BCUT2D eigenvalue weighted by Gasteiger charge is 2.49. The molecule has 128 valence electrons. The number of carbonyl (C=O) groups is 1. The Morgan fingerprint density at radius 3 is 2.25 bits per heavy atom. The van der Waals surface area contributed by atoms with Gasteiger partial charge in [-0.3, -0.25) is 4.79 Å². The third kappa shape index (κ3) is 4.25. The minimum absolute atomic E-state index is 0.0241. The highest BCUT2D eigenvalue weighted by atomic mass is 32.2. The number of alkyl halides is 3. The maximum absolute atomic E-state index is 12.5. The Hall–Kier alpha value is -2.55. The summed E-state index contributed by atoms with van der Waals surface area (Å²) < 4.78 is 69.1. The molecule has 0 heterocycles. The van der Waals surface area contributed by atoms with E-state index in [0.29, 0.717) is 11.8 Å². The largest absolute Gasteiger partial charge is 0.534 e. The van der Waals surface area contributed by atoms with Crippen molar-refractivity contribution in [1.29, 1.82) is 0 Å². The van der Waals surface area contributed by atoms with Crippen LogP contribution in [0.2, 0.25) is 0 Å². The lowest BCUT2D eigenvalue weighted by molar-refractivity contribution is -0.0500. The quantitative estimate of drug-likeness (QED) is 0.449. The number of rotatable bonds is 6. The topological polar surface area (TPSA) is 69.7 Å². The summed E-state index contributed by atoms with van der Waals surface area (Å²) in [6.07, 6.45) is 0.341. The third-order valence-electron chi connectivity index (χ3n) is 2.82. The van der Waals surface area contributed by atoms with Crippen LogP contribution in [0.15, 0.2) is 48.5 Å². The van der Waals surface area contributed by atoms with E-state index < -0.39 is 21.4 Å². The number of carbonyl (C=O) groups excluding carboxylic acids is 1. The zero-order chi connectivity index (χ0) is 17.8. The molecular formula is C15H11F3O5S. The van der Waals surface area contributed by atoms with Gasteiger partial charge in [0.2, 0.25) is 0 Å². The van der Waals surface area contributed by atoms with E-state index in [0.717, 1.165) is 12.1 Å². The van der Waals surface area contributed by atoms with Gasteiger partial charge in [0.05, 0.1) is 0 Å². The first-order valence-electron chi connectivity index (χ1n) is 6.49. The molecule has 0 saturated heterocycles. The molecule has 0 aliphatic rings. The van der Waals surface area contributed by atoms with E-state index in [4.69, 9.17) is 4.74 Å². The van der Waals surface area contributed by atoms with Crippen molar-refractivity contribution in [1.82, 2.24) is 0 Å². The van der Waals surface area contributed by atoms with Crippen molar-refractivity contribution in [2.45, 2.75) is 12.1 Å². The van der Waals surface area contributed by atoms with Gasteiger partial charge in [0.1, 0.15) is 12.9 Å². The van der Waals surface area contributed by atoms with E-state index in [1.807, 2.05) is 0 Å². The number of hydrogen-bond donors (Lipinski definition) is 0. The molecule has 0 saturated carbocycles. The van der Waals surface area contributed by atoms with E-state index in [1.165, 1.54) is 6.07 Å². The molecule has 2 aromatic carbocycles. The SMILES string of the molecule is O=Cc1ccc(OCc2ccccc2)c(OS(=O)(=O)C(F)(F)F)c1. The molecule has 24 heavy (non-hydrogen) atoms. The summed E-state index contributed by atoms with van der Waals surface area (Å²) in [7, 11) is -5.88. The predicted octanol–water partition coefficient (Wildman–Crippen LogP) is 3.31. The zero-order valence-electron chi connectivity index (χ0n) is 12.0. The van der Waals surface area contributed by atoms with Gasteiger partial charge in [-0.2, -0.15) is 21.6 Å². The van der Waals surface area contributed by atoms with E-state index in [9.17, 15) is 26.4 Å². The molecule has 0 N–H and O–H groups in total. The Bertz CT molecular complexity index is 817. The number of ether oxygens (including phenoxy) is 1. The van der Waals surface area contributed by atoms with Gasteiger partial charge in [0, 0.05) is 5.56 Å². The van der Waals surface area contributed by atoms with Gasteiger partial charge < -0.3 is 8.92 Å². The van der Waals surface area contributed by atoms with Crippen LogP contribution in [0.5, 0.6) is 11.5 Å². The number of hydrogen-bond acceptors (Lipinski definition) is 5. The van der Waals surface area contributed by atoms with Crippen LogP contribution in [-0.4, -0.2) is 20.2 Å². The highest BCUT2D eigenvalue weighted by molar-refractivity contribution is 7.88. The van der Waals surface area contributed by atoms with Crippen molar-refractivity contribution in [3.05, 3.63) is 59.7 Å². The lowest BCUT2D eigenvalue weighted by Gasteiger charge is -2.14. The second kappa shape index (κ2) is 6.91. The summed E-state index contributed by atoms with van der Waals surface area (Å²) in [5, 5.41) is 0. The molecule has 0 aromatic heterocycles. The van der Waals surface area contributed by atoms with Gasteiger partial charge >= 0.3 is 15.6 Å². The predicted molar refractivity (Wildman–Crippen MR) is 78.2 cm³/mol. The Kier molecular flexibility index (Phi) is 5.13. The highest BCUT2D eigenvalue weighted by Crippen LogP contribution is 2.34. The normalized spacial score (nSPS) is 11.8. The first-order valence-corrected chi connectivity index (χ1v) is 7.90. The molecule has 0 aliphatic heterocycles. The molecule has 5 nitrogen and oxygen atoms in total. The maximum atomic E-state index is 12.5. The average Bonchev–Trinajstić information content (AvgIpc) is 2.53. The van der Waals surface area contributed by atoms with Crippen molar-refractivity contribution in [2.24, 2.45) is 0 Å². The molecule has 2 aromatic rings. The van der Waals surface area contributed by atoms with Crippen LogP contribution >= 0.6 is 0 Å². The lowest BCUT2D eigenvalue weighted by Crippen LogP contribution is -2.28. The van der Waals surface area contributed by atoms with Crippen LogP contribution in [0.4, 0.5) is 13.2 Å². The lowest BCUT2D eigenvalue weighted by atomic mass is 10.2. The summed E-state index contributed by atoms with van der Waals surface area (Å²) in [5.74, 6) is -0.954. The van der Waals surface area contributed by atoms with Gasteiger partial charge in [-0.1, -0.05) is 30.3 Å². The fourth-order valence-corrected chi connectivity index (χ4v) is 2.14. The van der Waals surface area contributed by atoms with Crippen molar-refractivity contribution < 1.29 is 35.3 Å². The molecule has 0 amide bonds. The van der Waals surface area contributed by atoms with Crippen LogP contribution in [0, 0.1) is 0 Å². The third-order valence-corrected chi connectivity index (χ3v) is 3.79. The van der Waals surface area contributed by atoms with Crippen LogP contribution in [0.1, 0.15) is 15.9 Å². The minimum Gasteiger partial charge on any atom is -0.485 e. The summed E-state index contributed by atoms with van der Waals surface area (Å²) in [6, 6.07) is 12.0. The molecule has 0 unspecified atom stereocenters. The summed E-state index contributed by atoms with van der Waals surface area (Å²) in [4.78, 5) is 10.7. The Morgan fingerprint density at radius 2 is 1.67 bits per heavy atom. The summed E-state index contributed by atoms with van der Waals surface area (Å²) in [6.45, 7) is -0.0241. The molecular weight excluding hydrogens is 349 g/mol. The zero-order valence-corrected chi connectivity index (χ0v) is 12.8. The van der Waals surface area contributed by atoms with Crippen LogP contribution in [-0.2, 0) is 16.7 Å². The minimum atomic E-state index is -5.88. The van der Waals surface area contributed by atoms with E-state index >= 15 is 0 Å². The number of halogens is 3. The smallest absolute Gasteiger partial charge is 0.485 e. The standard InChI is InChI=1S/C15H11F3O5S/c16-15(17,18)24(20,21)23-14-8-12(9-19)6-7-13(14)22-10-11-4-2-1-3-5-11/h1-9H,10H2. The summed E-state index contributed by atoms with van der Waals surface area (Å²) in [5.41, 5.74) is -4.95. The van der Waals surface area contributed by atoms with Crippen molar-refractivity contribution in [3.63, 3.8) is 0 Å². The molecule has 9 heteroatoms. The van der Waals surface area contributed by atoms with E-state index in [-0.39, 0.29) is 17.9 Å². The molecule has 0 bridgehead atoms. The summed E-state index contributed by atoms with van der Waals surface area (Å²) >= 11 is 0. The van der Waals surface area contributed by atoms with Crippen LogP contribution in [0.25, 0.3) is 0 Å². The van der Waals surface area contributed by atoms with Crippen molar-refractivity contribution >= 4 is 16.4 Å². The molecule has 0 radical (unpaired) electrons. The second-order valence-corrected chi connectivity index (χ2v) is 6.12. The fourth-order valence-electron chi connectivity index (χ4n) is 1.68. The van der Waals surface area contributed by atoms with Crippen LogP contribution < -0.4 is 8.92 Å². The van der Waals surface area contributed by atoms with Gasteiger partial charge in [-0.05, 0) is 23.8 Å². The van der Waals surface area contributed by atoms with Gasteiger partial charge in [-0.25, -0.2) is 0 Å². The van der Waals surface area contributed by atoms with Gasteiger partial charge in [0.25, 0.3) is 0 Å². The fraction of sp³-hybridized carbons (Fsp3) is 0.133.